The van der Waals surface area contributed by atoms with Gasteiger partial charge in [-0.2, -0.15) is 0 Å². The lowest BCUT2D eigenvalue weighted by molar-refractivity contribution is -1.78. The fraction of sp³-hybridized carbons (Fsp3) is 1.00. The largest absolute Gasteiger partial charge is 0.611 e. The highest BCUT2D eigenvalue weighted by atomic mass is 17.2. The molecule has 0 bridgehead atoms. The van der Waals surface area contributed by atoms with Crippen LogP contribution in [0.2, 0.25) is 0 Å². The van der Waals surface area contributed by atoms with Crippen LogP contribution in [0.15, 0.2) is 0 Å². The Bertz CT molecular complexity index is 146. The molecule has 0 aliphatic carbocycles. The van der Waals surface area contributed by atoms with Gasteiger partial charge in [0.05, 0.1) is 0 Å². The number of hydrogen-bond donors (Lipinski definition) is 4. The zero-order valence-corrected chi connectivity index (χ0v) is 4.95. The lowest BCUT2D eigenvalue weighted by atomic mass is 10.6. The van der Waals surface area contributed by atoms with Gasteiger partial charge in [0.25, 0.3) is 0 Å². The summed E-state index contributed by atoms with van der Waals surface area (Å²) < 4.78 is 0. The fourth-order valence-electron chi connectivity index (χ4n) is 0.882. The number of quaternary nitrogens is 4. The second-order valence-electron chi connectivity index (χ2n) is 2.10. The highest BCUT2D eigenvalue weighted by Gasteiger charge is 2.82. The molecule has 2 heterocycles. The second-order valence-corrected chi connectivity index (χ2v) is 2.10. The number of hydrogen-bond acceptors (Lipinski definition) is 6. The molecule has 10 nitrogen and oxygen atoms in total. The van der Waals surface area contributed by atoms with E-state index in [2.05, 4.69) is 9.88 Å². The summed E-state index contributed by atoms with van der Waals surface area (Å²) in [6.45, 7) is 0. The third kappa shape index (κ3) is 0.555. The van der Waals surface area contributed by atoms with Crippen LogP contribution in [0.4, 0.5) is 0 Å². The van der Waals surface area contributed by atoms with E-state index in [1.807, 2.05) is 0 Å². The van der Waals surface area contributed by atoms with Gasteiger partial charge in [0.1, 0.15) is 0 Å². The minimum absolute atomic E-state index is 1.14. The van der Waals surface area contributed by atoms with Gasteiger partial charge in [-0.15, -0.1) is 0 Å². The molecule has 0 aromatic carbocycles. The molecule has 1 spiro atoms. The van der Waals surface area contributed by atoms with Gasteiger partial charge in [-0.1, -0.05) is 0 Å². The standard InChI is InChI=1S/CH4N4O6/c6-2-1(3(7)10-2)4(8)11-5(1)9/h2-5H. The van der Waals surface area contributed by atoms with Crippen molar-refractivity contribution in [1.29, 1.82) is 0 Å². The molecule has 10 heteroatoms. The van der Waals surface area contributed by atoms with Crippen LogP contribution >= 0.6 is 0 Å². The van der Waals surface area contributed by atoms with Gasteiger partial charge < -0.3 is 20.8 Å². The van der Waals surface area contributed by atoms with E-state index < -0.39 is 26.8 Å². The average molecular weight is 168 g/mol. The van der Waals surface area contributed by atoms with E-state index in [9.17, 15) is 20.8 Å². The first-order valence-electron chi connectivity index (χ1n) is 2.63. The van der Waals surface area contributed by atoms with Gasteiger partial charge in [-0.25, -0.2) is 0 Å². The van der Waals surface area contributed by atoms with Crippen molar-refractivity contribution in [3.05, 3.63) is 20.8 Å². The van der Waals surface area contributed by atoms with Crippen molar-refractivity contribution in [2.75, 3.05) is 0 Å². The Labute approximate surface area is 58.8 Å². The van der Waals surface area contributed by atoms with Crippen molar-refractivity contribution in [3.8, 4) is 0 Å². The zero-order chi connectivity index (χ0) is 8.22. The van der Waals surface area contributed by atoms with E-state index in [4.69, 9.17) is 0 Å². The maximum atomic E-state index is 10.5. The maximum absolute atomic E-state index is 10.5. The molecule has 2 fully saturated rings. The molecule has 2 aliphatic rings. The molecule has 0 amide bonds. The van der Waals surface area contributed by atoms with Gasteiger partial charge in [-0.3, -0.25) is 0 Å². The molecule has 4 unspecified atom stereocenters. The van der Waals surface area contributed by atoms with Crippen molar-refractivity contribution in [2.24, 2.45) is 0 Å². The van der Waals surface area contributed by atoms with Gasteiger partial charge in [0.15, 0.2) is 0 Å². The van der Waals surface area contributed by atoms with Crippen LogP contribution in [0.5, 0.6) is 0 Å². The molecule has 11 heavy (non-hydrogen) atoms. The van der Waals surface area contributed by atoms with Gasteiger partial charge in [0.2, 0.25) is 0 Å². The molecule has 0 saturated carbocycles. The maximum Gasteiger partial charge on any atom is 0.611 e. The highest BCUT2D eigenvalue weighted by molar-refractivity contribution is 4.29. The Hall–Kier alpha value is -0.400. The average Bonchev–Trinajstić information content (AvgIpc) is 1.86. The Balaban J connectivity index is 2.20. The van der Waals surface area contributed by atoms with E-state index in [1.54, 1.807) is 0 Å². The third-order valence-corrected chi connectivity index (χ3v) is 1.60. The molecule has 2 rings (SSSR count). The molecule has 0 aromatic rings. The summed E-state index contributed by atoms with van der Waals surface area (Å²) in [4.78, 5) is 7.68. The summed E-state index contributed by atoms with van der Waals surface area (Å²) in [5.74, 6) is -2.22. The van der Waals surface area contributed by atoms with Crippen LogP contribution in [0.1, 0.15) is 0 Å². The summed E-state index contributed by atoms with van der Waals surface area (Å²) >= 11 is 0. The van der Waals surface area contributed by atoms with Crippen LogP contribution in [0.25, 0.3) is 0 Å². The van der Waals surface area contributed by atoms with Crippen LogP contribution in [-0.4, -0.2) is 5.91 Å². The first kappa shape index (κ1) is 7.26. The Morgan fingerprint density at radius 3 is 1.09 bits per heavy atom. The van der Waals surface area contributed by atoms with Crippen molar-refractivity contribution in [2.45, 2.75) is 5.91 Å². The monoisotopic (exact) mass is 168 g/mol. The zero-order valence-electron chi connectivity index (χ0n) is 4.95. The van der Waals surface area contributed by atoms with Crippen LogP contribution in [0, 0.1) is 20.8 Å². The molecule has 2 aliphatic heterocycles. The minimum atomic E-state index is -2.22. The van der Waals surface area contributed by atoms with Gasteiger partial charge in [-0.05, 0) is 20.9 Å². The summed E-state index contributed by atoms with van der Waals surface area (Å²) in [7, 11) is 0. The van der Waals surface area contributed by atoms with Crippen LogP contribution < -0.4 is 20.9 Å². The highest BCUT2D eigenvalue weighted by Crippen LogP contribution is 1.77. The third-order valence-electron chi connectivity index (χ3n) is 1.60. The van der Waals surface area contributed by atoms with Crippen molar-refractivity contribution < 1.29 is 30.8 Å². The topological polar surface area (TPSA) is 128 Å². The predicted octanol–water partition coefficient (Wildman–Crippen LogP) is -7.15. The normalized spacial score (nSPS) is 62.2. The number of rotatable bonds is 0. The smallest absolute Gasteiger partial charge is 0.580 e. The summed E-state index contributed by atoms with van der Waals surface area (Å²) in [5.41, 5.74) is 0. The Kier molecular flexibility index (Phi) is 1.22. The Morgan fingerprint density at radius 2 is 1.00 bits per heavy atom. The molecule has 4 N–H and O–H groups in total. The Morgan fingerprint density at radius 1 is 0.727 bits per heavy atom. The molecular formula is CH4N4O6. The van der Waals surface area contributed by atoms with Crippen molar-refractivity contribution in [3.63, 3.8) is 0 Å². The van der Waals surface area contributed by atoms with Crippen LogP contribution in [0.3, 0.4) is 0 Å². The van der Waals surface area contributed by atoms with E-state index in [0.717, 1.165) is 0 Å². The van der Waals surface area contributed by atoms with Crippen LogP contribution in [-0.2, 0) is 9.88 Å². The quantitative estimate of drug-likeness (QED) is 0.266. The van der Waals surface area contributed by atoms with E-state index in [-0.39, 0.29) is 0 Å². The number of nitrogens with one attached hydrogen (secondary N) is 4. The van der Waals surface area contributed by atoms with Gasteiger partial charge in [0, 0.05) is 9.88 Å². The molecule has 4 atom stereocenters. The van der Waals surface area contributed by atoms with E-state index >= 15 is 0 Å². The molecule has 64 valence electrons. The predicted molar refractivity (Wildman–Crippen MR) is 22.2 cm³/mol. The minimum Gasteiger partial charge on any atom is -0.580 e. The van der Waals surface area contributed by atoms with Gasteiger partial charge >= 0.3 is 5.91 Å². The molecule has 0 aromatic heterocycles. The first-order chi connectivity index (χ1) is 5.10. The van der Waals surface area contributed by atoms with E-state index in [1.165, 1.54) is 0 Å². The SMILES string of the molecule is [O-][NH+]1O[NH+]([O-])C12[NH+]([O-])O[NH+]2[O-]. The van der Waals surface area contributed by atoms with Crippen molar-refractivity contribution >= 4 is 0 Å². The lowest BCUT2D eigenvalue weighted by Crippen LogP contribution is -3.84. The van der Waals surface area contributed by atoms with Crippen molar-refractivity contribution in [1.82, 2.24) is 0 Å². The second kappa shape index (κ2) is 1.85. The lowest BCUT2D eigenvalue weighted by Gasteiger charge is -2.55. The molecule has 0 radical (unpaired) electrons. The molecule has 2 saturated heterocycles. The molecular weight excluding hydrogens is 164 g/mol. The summed E-state index contributed by atoms with van der Waals surface area (Å²) in [6, 6.07) is 0. The first-order valence-corrected chi connectivity index (χ1v) is 2.63. The summed E-state index contributed by atoms with van der Waals surface area (Å²) in [5, 5.41) is 37.5. The van der Waals surface area contributed by atoms with E-state index in [0.29, 0.717) is 0 Å². The fourth-order valence-corrected chi connectivity index (χ4v) is 0.882. The summed E-state index contributed by atoms with van der Waals surface area (Å²) in [6.07, 6.45) is 0. The number of hydroxylamine groups is 8.